The van der Waals surface area contributed by atoms with Gasteiger partial charge in [0.1, 0.15) is 0 Å². The van der Waals surface area contributed by atoms with E-state index in [0.29, 0.717) is 18.5 Å². The van der Waals surface area contributed by atoms with Crippen LogP contribution in [0.15, 0.2) is 0 Å². The summed E-state index contributed by atoms with van der Waals surface area (Å²) in [5.74, 6) is -0.199. The molecule has 2 aliphatic heterocycles. The molecule has 26 heavy (non-hydrogen) atoms. The Balaban J connectivity index is 2.29. The molecule has 152 valence electrons. The van der Waals surface area contributed by atoms with E-state index < -0.39 is 0 Å². The molecule has 2 fully saturated rings. The molecule has 5 nitrogen and oxygen atoms in total. The van der Waals surface area contributed by atoms with Crippen molar-refractivity contribution in [1.82, 2.24) is 15.5 Å². The Morgan fingerprint density at radius 3 is 1.38 bits per heavy atom. The van der Waals surface area contributed by atoms with Crippen LogP contribution in [0.4, 0.5) is 0 Å². The molecule has 0 radical (unpaired) electrons. The number of nitrogens with zero attached hydrogens (tertiary/aromatic N) is 1. The minimum atomic E-state index is -0.199. The van der Waals surface area contributed by atoms with E-state index in [2.05, 4.69) is 70.9 Å². The van der Waals surface area contributed by atoms with Crippen molar-refractivity contribution in [3.05, 3.63) is 0 Å². The fraction of sp³-hybridized carbons (Fsp3) is 0.952. The molecule has 4 N–H and O–H groups in total. The van der Waals surface area contributed by atoms with Gasteiger partial charge in [0.2, 0.25) is 5.91 Å². The Morgan fingerprint density at radius 1 is 0.808 bits per heavy atom. The molecular weight excluding hydrogens is 324 g/mol. The van der Waals surface area contributed by atoms with E-state index in [4.69, 9.17) is 5.73 Å². The van der Waals surface area contributed by atoms with Crippen molar-refractivity contribution in [2.45, 2.75) is 122 Å². The van der Waals surface area contributed by atoms with Gasteiger partial charge in [0.25, 0.3) is 0 Å². The second-order valence-electron chi connectivity index (χ2n) is 11.4. The van der Waals surface area contributed by atoms with E-state index >= 15 is 0 Å². The molecule has 0 aliphatic carbocycles. The lowest BCUT2D eigenvalue weighted by Gasteiger charge is -2.55. The minimum Gasteiger partial charge on any atom is -0.370 e. The Kier molecular flexibility index (Phi) is 5.88. The molecule has 0 aromatic rings. The predicted molar refractivity (Wildman–Crippen MR) is 109 cm³/mol. The highest BCUT2D eigenvalue weighted by Crippen LogP contribution is 2.37. The highest BCUT2D eigenvalue weighted by Gasteiger charge is 2.45. The predicted octanol–water partition coefficient (Wildman–Crippen LogP) is 2.78. The number of primary amides is 1. The van der Waals surface area contributed by atoms with Crippen LogP contribution in [-0.2, 0) is 4.79 Å². The first kappa shape index (κ1) is 21.6. The Hall–Kier alpha value is -0.650. The number of nitrogens with one attached hydrogen (secondary N) is 2. The largest absolute Gasteiger partial charge is 0.370 e. The maximum Gasteiger partial charge on any atom is 0.218 e. The molecule has 0 aromatic heterocycles. The zero-order valence-corrected chi connectivity index (χ0v) is 18.3. The second kappa shape index (κ2) is 7.06. The zero-order chi connectivity index (χ0) is 20.0. The van der Waals surface area contributed by atoms with Crippen LogP contribution in [0.25, 0.3) is 0 Å². The maximum absolute atomic E-state index is 11.5. The Labute approximate surface area is 160 Å². The third kappa shape index (κ3) is 5.93. The minimum absolute atomic E-state index is 0.0926. The standard InChI is InChI=1S/C21H42N4O/c1-18(2)11-15(12-19(3,4)23-18)25(10-9-17(22)26)16-13-20(5,6)24-21(7,8)14-16/h15-16,23-24H,9-14H2,1-8H3,(H2,22,26). The van der Waals surface area contributed by atoms with Crippen LogP contribution in [-0.4, -0.2) is 51.6 Å². The first-order chi connectivity index (χ1) is 11.6. The van der Waals surface area contributed by atoms with Gasteiger partial charge in [-0.1, -0.05) is 0 Å². The van der Waals surface area contributed by atoms with Gasteiger partial charge in [0.15, 0.2) is 0 Å². The topological polar surface area (TPSA) is 70.4 Å². The summed E-state index contributed by atoms with van der Waals surface area (Å²) in [5, 5.41) is 7.57. The normalized spacial score (nSPS) is 28.2. The molecule has 0 unspecified atom stereocenters. The Morgan fingerprint density at radius 2 is 1.12 bits per heavy atom. The molecule has 2 rings (SSSR count). The molecule has 0 aromatic carbocycles. The quantitative estimate of drug-likeness (QED) is 0.700. The SMILES string of the molecule is CC1(C)CC(N(CCC(N)=O)C2CC(C)(C)NC(C)(C)C2)CC(C)(C)N1. The van der Waals surface area contributed by atoms with Gasteiger partial charge in [-0.15, -0.1) is 0 Å². The summed E-state index contributed by atoms with van der Waals surface area (Å²) in [4.78, 5) is 14.2. The molecule has 0 saturated carbocycles. The Bertz CT molecular complexity index is 454. The van der Waals surface area contributed by atoms with Crippen molar-refractivity contribution in [3.8, 4) is 0 Å². The number of piperidine rings is 2. The van der Waals surface area contributed by atoms with Gasteiger partial charge in [0.05, 0.1) is 0 Å². The van der Waals surface area contributed by atoms with Crippen LogP contribution < -0.4 is 16.4 Å². The number of amides is 1. The number of rotatable bonds is 5. The van der Waals surface area contributed by atoms with Crippen molar-refractivity contribution in [3.63, 3.8) is 0 Å². The first-order valence-corrected chi connectivity index (χ1v) is 10.2. The van der Waals surface area contributed by atoms with Crippen LogP contribution in [0.1, 0.15) is 87.5 Å². The van der Waals surface area contributed by atoms with Crippen molar-refractivity contribution in [2.75, 3.05) is 6.54 Å². The van der Waals surface area contributed by atoms with E-state index in [0.717, 1.165) is 32.2 Å². The maximum atomic E-state index is 11.5. The lowest BCUT2D eigenvalue weighted by atomic mass is 9.75. The summed E-state index contributed by atoms with van der Waals surface area (Å²) in [6, 6.07) is 0.936. The third-order valence-electron chi connectivity index (χ3n) is 5.89. The summed E-state index contributed by atoms with van der Waals surface area (Å²) in [6.45, 7) is 19.1. The molecule has 1 amide bonds. The van der Waals surface area contributed by atoms with Crippen LogP contribution in [0.2, 0.25) is 0 Å². The van der Waals surface area contributed by atoms with Crippen molar-refractivity contribution >= 4 is 5.91 Å². The molecule has 2 aliphatic rings. The van der Waals surface area contributed by atoms with Crippen molar-refractivity contribution in [2.24, 2.45) is 5.73 Å². The van der Waals surface area contributed by atoms with E-state index in [1.54, 1.807) is 0 Å². The summed E-state index contributed by atoms with van der Waals surface area (Å²) in [6.07, 6.45) is 4.83. The zero-order valence-electron chi connectivity index (χ0n) is 18.3. The smallest absolute Gasteiger partial charge is 0.218 e. The monoisotopic (exact) mass is 366 g/mol. The average Bonchev–Trinajstić information content (AvgIpc) is 2.30. The van der Waals surface area contributed by atoms with Crippen molar-refractivity contribution < 1.29 is 4.79 Å². The van der Waals surface area contributed by atoms with Gasteiger partial charge >= 0.3 is 0 Å². The van der Waals surface area contributed by atoms with Gasteiger partial charge in [-0.2, -0.15) is 0 Å². The molecule has 0 spiro atoms. The van der Waals surface area contributed by atoms with E-state index in [-0.39, 0.29) is 28.1 Å². The highest BCUT2D eigenvalue weighted by molar-refractivity contribution is 5.73. The van der Waals surface area contributed by atoms with Gasteiger partial charge in [-0.05, 0) is 81.1 Å². The first-order valence-electron chi connectivity index (χ1n) is 10.2. The number of hydrogen-bond donors (Lipinski definition) is 3. The number of nitrogens with two attached hydrogens (primary N) is 1. The lowest BCUT2D eigenvalue weighted by Crippen LogP contribution is -2.67. The average molecular weight is 367 g/mol. The highest BCUT2D eigenvalue weighted by atomic mass is 16.1. The molecule has 5 heteroatoms. The lowest BCUT2D eigenvalue weighted by molar-refractivity contribution is -0.118. The second-order valence-corrected chi connectivity index (χ2v) is 11.4. The third-order valence-corrected chi connectivity index (χ3v) is 5.89. The summed E-state index contributed by atoms with van der Waals surface area (Å²) >= 11 is 0. The summed E-state index contributed by atoms with van der Waals surface area (Å²) in [7, 11) is 0. The fourth-order valence-corrected chi connectivity index (χ4v) is 5.91. The van der Waals surface area contributed by atoms with E-state index in [9.17, 15) is 4.79 Å². The van der Waals surface area contributed by atoms with Gasteiger partial charge in [-0.3, -0.25) is 9.69 Å². The van der Waals surface area contributed by atoms with E-state index in [1.807, 2.05) is 0 Å². The molecular formula is C21H42N4O. The fourth-order valence-electron chi connectivity index (χ4n) is 5.91. The molecule has 2 saturated heterocycles. The van der Waals surface area contributed by atoms with Gasteiger partial charge in [0, 0.05) is 47.2 Å². The number of hydrogen-bond acceptors (Lipinski definition) is 4. The molecule has 2 heterocycles. The molecule has 0 bridgehead atoms. The van der Waals surface area contributed by atoms with Gasteiger partial charge < -0.3 is 16.4 Å². The number of carbonyl (C=O) groups excluding carboxylic acids is 1. The molecule has 0 atom stereocenters. The number of carbonyl (C=O) groups is 1. The van der Waals surface area contributed by atoms with Gasteiger partial charge in [-0.25, -0.2) is 0 Å². The summed E-state index contributed by atoms with van der Waals surface area (Å²) in [5.41, 5.74) is 5.89. The van der Waals surface area contributed by atoms with Crippen LogP contribution >= 0.6 is 0 Å². The van der Waals surface area contributed by atoms with Crippen LogP contribution in [0, 0.1) is 0 Å². The van der Waals surface area contributed by atoms with Crippen molar-refractivity contribution in [1.29, 1.82) is 0 Å². The van der Waals surface area contributed by atoms with Crippen LogP contribution in [0.5, 0.6) is 0 Å². The van der Waals surface area contributed by atoms with E-state index in [1.165, 1.54) is 0 Å². The van der Waals surface area contributed by atoms with Crippen LogP contribution in [0.3, 0.4) is 0 Å². The summed E-state index contributed by atoms with van der Waals surface area (Å²) < 4.78 is 0.